The molecule has 0 saturated carbocycles. The summed E-state index contributed by atoms with van der Waals surface area (Å²) < 4.78 is 29.3. The SMILES string of the molecule is FC(F)Oc1ccc2nc(N3CCSc4ccccc4C3)cc(Cl)c2c1. The molecule has 1 aromatic heterocycles. The van der Waals surface area contributed by atoms with E-state index in [-0.39, 0.29) is 5.75 Å². The van der Waals surface area contributed by atoms with Crippen LogP contribution in [0, 0.1) is 0 Å². The molecule has 0 N–H and O–H groups in total. The van der Waals surface area contributed by atoms with Crippen molar-refractivity contribution in [3.63, 3.8) is 0 Å². The lowest BCUT2D eigenvalue weighted by molar-refractivity contribution is -0.0497. The fraction of sp³-hybridized carbons (Fsp3) is 0.211. The van der Waals surface area contributed by atoms with Crippen LogP contribution < -0.4 is 9.64 Å². The van der Waals surface area contributed by atoms with Crippen LogP contribution in [0.3, 0.4) is 0 Å². The van der Waals surface area contributed by atoms with Gasteiger partial charge in [-0.1, -0.05) is 29.8 Å². The minimum atomic E-state index is -2.87. The number of halogens is 3. The van der Waals surface area contributed by atoms with E-state index in [4.69, 9.17) is 11.6 Å². The second-order valence-electron chi connectivity index (χ2n) is 5.90. The Hall–Kier alpha value is -2.05. The van der Waals surface area contributed by atoms with Gasteiger partial charge in [0.25, 0.3) is 0 Å². The van der Waals surface area contributed by atoms with Gasteiger partial charge in [0.05, 0.1) is 10.5 Å². The molecule has 0 unspecified atom stereocenters. The normalized spacial score (nSPS) is 14.4. The maximum atomic E-state index is 12.4. The van der Waals surface area contributed by atoms with Crippen molar-refractivity contribution in [1.82, 2.24) is 4.98 Å². The number of hydrogen-bond acceptors (Lipinski definition) is 4. The van der Waals surface area contributed by atoms with Crippen molar-refractivity contribution in [1.29, 1.82) is 0 Å². The van der Waals surface area contributed by atoms with Crippen LogP contribution in [0.2, 0.25) is 5.02 Å². The summed E-state index contributed by atoms with van der Waals surface area (Å²) in [5, 5.41) is 1.06. The van der Waals surface area contributed by atoms with E-state index in [0.29, 0.717) is 15.9 Å². The molecule has 2 heterocycles. The van der Waals surface area contributed by atoms with Gasteiger partial charge in [-0.2, -0.15) is 8.78 Å². The zero-order valence-corrected chi connectivity index (χ0v) is 15.2. The van der Waals surface area contributed by atoms with Crippen molar-refractivity contribution in [3.05, 3.63) is 59.1 Å². The Bertz CT molecular complexity index is 954. The zero-order chi connectivity index (χ0) is 18.1. The number of aromatic nitrogens is 1. The fourth-order valence-corrected chi connectivity index (χ4v) is 4.28. The van der Waals surface area contributed by atoms with Crippen LogP contribution >= 0.6 is 23.4 Å². The van der Waals surface area contributed by atoms with Crippen molar-refractivity contribution >= 4 is 40.1 Å². The highest BCUT2D eigenvalue weighted by Crippen LogP contribution is 2.33. The maximum Gasteiger partial charge on any atom is 0.387 e. The Balaban J connectivity index is 1.69. The van der Waals surface area contributed by atoms with Gasteiger partial charge in [-0.25, -0.2) is 4.98 Å². The minimum Gasteiger partial charge on any atom is -0.435 e. The van der Waals surface area contributed by atoms with E-state index in [1.807, 2.05) is 23.9 Å². The number of rotatable bonds is 3. The quantitative estimate of drug-likeness (QED) is 0.579. The van der Waals surface area contributed by atoms with Crippen molar-refractivity contribution < 1.29 is 13.5 Å². The Morgan fingerprint density at radius 3 is 2.85 bits per heavy atom. The molecule has 134 valence electrons. The maximum absolute atomic E-state index is 12.4. The number of ether oxygens (including phenoxy) is 1. The topological polar surface area (TPSA) is 25.4 Å². The summed E-state index contributed by atoms with van der Waals surface area (Å²) in [6.07, 6.45) is 0. The lowest BCUT2D eigenvalue weighted by atomic mass is 10.2. The summed E-state index contributed by atoms with van der Waals surface area (Å²) in [4.78, 5) is 8.16. The van der Waals surface area contributed by atoms with Crippen LogP contribution in [0.15, 0.2) is 53.4 Å². The summed E-state index contributed by atoms with van der Waals surface area (Å²) in [6, 6.07) is 14.8. The molecular formula is C19H15ClF2N2OS. The van der Waals surface area contributed by atoms with Gasteiger partial charge < -0.3 is 9.64 Å². The number of hydrogen-bond donors (Lipinski definition) is 0. The molecule has 0 spiro atoms. The van der Waals surface area contributed by atoms with Crippen LogP contribution in [0.25, 0.3) is 10.9 Å². The predicted molar refractivity (Wildman–Crippen MR) is 102 cm³/mol. The lowest BCUT2D eigenvalue weighted by Gasteiger charge is -2.22. The summed E-state index contributed by atoms with van der Waals surface area (Å²) in [6.45, 7) is -1.26. The average molecular weight is 393 g/mol. The molecular weight excluding hydrogens is 378 g/mol. The first-order valence-electron chi connectivity index (χ1n) is 8.11. The van der Waals surface area contributed by atoms with Crippen molar-refractivity contribution in [2.24, 2.45) is 0 Å². The molecule has 3 nitrogen and oxygen atoms in total. The van der Waals surface area contributed by atoms with E-state index in [1.165, 1.54) is 22.6 Å². The van der Waals surface area contributed by atoms with Gasteiger partial charge in [-0.3, -0.25) is 0 Å². The third-order valence-electron chi connectivity index (χ3n) is 4.22. The standard InChI is InChI=1S/C19H15ClF2N2OS/c20-15-10-18(23-16-6-5-13(9-14(15)16)25-19(21)22)24-7-8-26-17-4-2-1-3-12(17)11-24/h1-6,9-10,19H,7-8,11H2. The van der Waals surface area contributed by atoms with Crippen LogP contribution in [0.5, 0.6) is 5.75 Å². The molecule has 4 rings (SSSR count). The number of nitrogens with zero attached hydrogens (tertiary/aromatic N) is 2. The highest BCUT2D eigenvalue weighted by molar-refractivity contribution is 7.99. The van der Waals surface area contributed by atoms with Gasteiger partial charge in [-0.15, -0.1) is 11.8 Å². The first kappa shape index (κ1) is 17.4. The molecule has 0 atom stereocenters. The molecule has 26 heavy (non-hydrogen) atoms. The summed E-state index contributed by atoms with van der Waals surface area (Å²) in [7, 11) is 0. The fourth-order valence-electron chi connectivity index (χ4n) is 3.01. The minimum absolute atomic E-state index is 0.0732. The third-order valence-corrected chi connectivity index (χ3v) is 5.63. The first-order valence-corrected chi connectivity index (χ1v) is 9.47. The number of thioether (sulfide) groups is 1. The largest absolute Gasteiger partial charge is 0.435 e. The van der Waals surface area contributed by atoms with Crippen LogP contribution in [-0.4, -0.2) is 23.9 Å². The second kappa shape index (κ2) is 7.29. The molecule has 0 fully saturated rings. The number of anilines is 1. The van der Waals surface area contributed by atoms with Crippen molar-refractivity contribution in [2.75, 3.05) is 17.2 Å². The number of fused-ring (bicyclic) bond motifs is 2. The smallest absolute Gasteiger partial charge is 0.387 e. The van der Waals surface area contributed by atoms with Crippen LogP contribution in [0.4, 0.5) is 14.6 Å². The highest BCUT2D eigenvalue weighted by atomic mass is 35.5. The van der Waals surface area contributed by atoms with Gasteiger partial charge in [0.2, 0.25) is 0 Å². The molecule has 0 amide bonds. The van der Waals surface area contributed by atoms with E-state index in [2.05, 4.69) is 26.8 Å². The average Bonchev–Trinajstić information content (AvgIpc) is 2.84. The molecule has 1 aliphatic heterocycles. The van der Waals surface area contributed by atoms with E-state index in [0.717, 1.165) is 24.7 Å². The summed E-state index contributed by atoms with van der Waals surface area (Å²) >= 11 is 8.25. The van der Waals surface area contributed by atoms with E-state index in [1.54, 1.807) is 12.1 Å². The molecule has 3 aromatic rings. The highest BCUT2D eigenvalue weighted by Gasteiger charge is 2.17. The Kier molecular flexibility index (Phi) is 4.87. The van der Waals surface area contributed by atoms with Crippen molar-refractivity contribution in [2.45, 2.75) is 18.1 Å². The Morgan fingerprint density at radius 2 is 2.00 bits per heavy atom. The van der Waals surface area contributed by atoms with Crippen LogP contribution in [0.1, 0.15) is 5.56 Å². The molecule has 0 radical (unpaired) electrons. The first-order chi connectivity index (χ1) is 12.6. The molecule has 7 heteroatoms. The molecule has 0 bridgehead atoms. The van der Waals surface area contributed by atoms with Crippen LogP contribution in [-0.2, 0) is 6.54 Å². The number of alkyl halides is 2. The van der Waals surface area contributed by atoms with Gasteiger partial charge in [0.15, 0.2) is 0 Å². The summed E-state index contributed by atoms with van der Waals surface area (Å²) in [5.41, 5.74) is 1.91. The Morgan fingerprint density at radius 1 is 1.15 bits per heavy atom. The van der Waals surface area contributed by atoms with E-state index < -0.39 is 6.61 Å². The predicted octanol–water partition coefficient (Wildman–Crippen LogP) is 5.60. The number of pyridine rings is 1. The van der Waals surface area contributed by atoms with E-state index in [9.17, 15) is 8.78 Å². The second-order valence-corrected chi connectivity index (χ2v) is 7.44. The van der Waals surface area contributed by atoms with Gasteiger partial charge in [0.1, 0.15) is 11.6 Å². The zero-order valence-electron chi connectivity index (χ0n) is 13.7. The molecule has 2 aromatic carbocycles. The number of benzene rings is 2. The molecule has 1 aliphatic rings. The van der Waals surface area contributed by atoms with Gasteiger partial charge in [0, 0.05) is 29.1 Å². The molecule has 0 saturated heterocycles. The Labute approximate surface area is 158 Å². The lowest BCUT2D eigenvalue weighted by Crippen LogP contribution is -2.24. The van der Waals surface area contributed by atoms with Crippen molar-refractivity contribution in [3.8, 4) is 5.75 Å². The monoisotopic (exact) mass is 392 g/mol. The van der Waals surface area contributed by atoms with Gasteiger partial charge >= 0.3 is 6.61 Å². The third kappa shape index (κ3) is 3.57. The van der Waals surface area contributed by atoms with E-state index >= 15 is 0 Å². The summed E-state index contributed by atoms with van der Waals surface area (Å²) in [5.74, 6) is 1.81. The van der Waals surface area contributed by atoms with Gasteiger partial charge in [-0.05, 0) is 35.9 Å². The molecule has 0 aliphatic carbocycles.